The van der Waals surface area contributed by atoms with Gasteiger partial charge in [-0.1, -0.05) is 62.4 Å². The van der Waals surface area contributed by atoms with Crippen molar-refractivity contribution in [2.75, 3.05) is 5.32 Å². The minimum atomic E-state index is -4.66. The SMILES string of the molecule is CC(C)c1ccccc1NC(=O)N/N=C/c1ccc2sc(-c3ccc(COC(F)(F)F)cc3)nc2c1. The first-order valence-corrected chi connectivity index (χ1v) is 11.9. The molecule has 2 amide bonds. The number of urea groups is 1. The zero-order valence-electron chi connectivity index (χ0n) is 19.5. The molecule has 0 spiro atoms. The Hall–Kier alpha value is -3.76. The Kier molecular flexibility index (Phi) is 7.66. The topological polar surface area (TPSA) is 75.6 Å². The number of ether oxygens (including phenoxy) is 1. The van der Waals surface area contributed by atoms with Crippen molar-refractivity contribution < 1.29 is 22.7 Å². The van der Waals surface area contributed by atoms with Crippen molar-refractivity contribution >= 4 is 39.5 Å². The van der Waals surface area contributed by atoms with Crippen LogP contribution >= 0.6 is 11.3 Å². The van der Waals surface area contributed by atoms with E-state index in [0.29, 0.717) is 5.56 Å². The van der Waals surface area contributed by atoms with Crippen LogP contribution in [0.1, 0.15) is 36.5 Å². The second kappa shape index (κ2) is 10.9. The normalized spacial score (nSPS) is 11.9. The summed E-state index contributed by atoms with van der Waals surface area (Å²) in [6, 6.07) is 19.4. The van der Waals surface area contributed by atoms with Gasteiger partial charge in [0.05, 0.1) is 23.0 Å². The number of hydrazone groups is 1. The number of para-hydroxylation sites is 1. The van der Waals surface area contributed by atoms with Crippen LogP contribution in [-0.4, -0.2) is 23.6 Å². The number of hydrogen-bond acceptors (Lipinski definition) is 5. The van der Waals surface area contributed by atoms with Crippen LogP contribution in [0.3, 0.4) is 0 Å². The number of halogens is 3. The quantitative estimate of drug-likeness (QED) is 0.202. The Morgan fingerprint density at radius 1 is 1.11 bits per heavy atom. The molecule has 3 aromatic carbocycles. The summed E-state index contributed by atoms with van der Waals surface area (Å²) in [5.74, 6) is 0.265. The van der Waals surface area contributed by atoms with Gasteiger partial charge in [0.15, 0.2) is 0 Å². The van der Waals surface area contributed by atoms with Crippen molar-refractivity contribution in [3.8, 4) is 10.6 Å². The molecular formula is C26H23F3N4O2S. The van der Waals surface area contributed by atoms with Crippen molar-refractivity contribution in [1.29, 1.82) is 0 Å². The van der Waals surface area contributed by atoms with Gasteiger partial charge in [0, 0.05) is 11.3 Å². The molecule has 2 N–H and O–H groups in total. The highest BCUT2D eigenvalue weighted by atomic mass is 32.1. The fraction of sp³-hybridized carbons (Fsp3) is 0.192. The molecule has 0 aliphatic carbocycles. The molecule has 0 atom stereocenters. The van der Waals surface area contributed by atoms with Crippen LogP contribution < -0.4 is 10.7 Å². The third-order valence-electron chi connectivity index (χ3n) is 5.23. The number of carbonyl (C=O) groups is 1. The zero-order valence-corrected chi connectivity index (χ0v) is 20.3. The lowest BCUT2D eigenvalue weighted by Crippen LogP contribution is -2.24. The number of rotatable bonds is 7. The minimum absolute atomic E-state index is 0.265. The molecule has 1 aromatic heterocycles. The lowest BCUT2D eigenvalue weighted by Gasteiger charge is -2.12. The number of nitrogens with one attached hydrogen (secondary N) is 2. The molecule has 0 radical (unpaired) electrons. The Labute approximate surface area is 209 Å². The van der Waals surface area contributed by atoms with Gasteiger partial charge in [0.2, 0.25) is 0 Å². The van der Waals surface area contributed by atoms with Gasteiger partial charge < -0.3 is 5.32 Å². The Morgan fingerprint density at radius 2 is 1.86 bits per heavy atom. The summed E-state index contributed by atoms with van der Waals surface area (Å²) in [4.78, 5) is 16.9. The number of alkyl halides is 3. The Balaban J connectivity index is 1.39. The van der Waals surface area contributed by atoms with E-state index in [1.54, 1.807) is 24.3 Å². The third kappa shape index (κ3) is 6.67. The predicted molar refractivity (Wildman–Crippen MR) is 136 cm³/mol. The van der Waals surface area contributed by atoms with Crippen molar-refractivity contribution in [2.45, 2.75) is 32.7 Å². The monoisotopic (exact) mass is 512 g/mol. The maximum absolute atomic E-state index is 12.3. The van der Waals surface area contributed by atoms with E-state index in [0.717, 1.165) is 37.6 Å². The molecule has 0 saturated carbocycles. The summed E-state index contributed by atoms with van der Waals surface area (Å²) in [7, 11) is 0. The van der Waals surface area contributed by atoms with E-state index in [4.69, 9.17) is 0 Å². The number of hydrogen-bond donors (Lipinski definition) is 2. The maximum Gasteiger partial charge on any atom is 0.522 e. The van der Waals surface area contributed by atoms with E-state index in [2.05, 4.69) is 39.4 Å². The average Bonchev–Trinajstić information content (AvgIpc) is 3.26. The first kappa shape index (κ1) is 25.3. The molecule has 1 heterocycles. The summed E-state index contributed by atoms with van der Waals surface area (Å²) < 4.78 is 41.5. The molecule has 186 valence electrons. The second-order valence-electron chi connectivity index (χ2n) is 8.24. The largest absolute Gasteiger partial charge is 0.522 e. The number of thiazole rings is 1. The molecule has 0 bridgehead atoms. The van der Waals surface area contributed by atoms with Crippen LogP contribution in [-0.2, 0) is 11.3 Å². The molecule has 10 heteroatoms. The van der Waals surface area contributed by atoms with Crippen LogP contribution in [0.4, 0.5) is 23.7 Å². The van der Waals surface area contributed by atoms with E-state index in [1.807, 2.05) is 42.5 Å². The van der Waals surface area contributed by atoms with Gasteiger partial charge in [-0.3, -0.25) is 4.74 Å². The standard InChI is InChI=1S/C26H23F3N4O2S/c1-16(2)20-5-3-4-6-21(20)32-25(34)33-30-14-18-9-12-23-22(13-18)31-24(36-23)19-10-7-17(8-11-19)15-35-26(27,28)29/h3-14,16H,15H2,1-2H3,(H2,32,33,34)/b30-14+. The maximum atomic E-state index is 12.3. The number of nitrogens with zero attached hydrogens (tertiary/aromatic N) is 2. The molecule has 4 aromatic rings. The summed E-state index contributed by atoms with van der Waals surface area (Å²) in [5, 5.41) is 7.58. The third-order valence-corrected chi connectivity index (χ3v) is 6.31. The van der Waals surface area contributed by atoms with Crippen LogP contribution in [0.15, 0.2) is 71.8 Å². The summed E-state index contributed by atoms with van der Waals surface area (Å²) >= 11 is 1.47. The fourth-order valence-corrected chi connectivity index (χ4v) is 4.44. The van der Waals surface area contributed by atoms with E-state index < -0.39 is 19.0 Å². The number of benzene rings is 3. The minimum Gasteiger partial charge on any atom is -0.306 e. The smallest absolute Gasteiger partial charge is 0.306 e. The number of aromatic nitrogens is 1. The van der Waals surface area contributed by atoms with E-state index >= 15 is 0 Å². The number of anilines is 1. The number of carbonyl (C=O) groups excluding carboxylic acids is 1. The van der Waals surface area contributed by atoms with Crippen molar-refractivity contribution in [3.05, 3.63) is 83.4 Å². The molecule has 6 nitrogen and oxygen atoms in total. The lowest BCUT2D eigenvalue weighted by atomic mass is 10.0. The summed E-state index contributed by atoms with van der Waals surface area (Å²) in [6.45, 7) is 3.57. The summed E-state index contributed by atoms with van der Waals surface area (Å²) in [6.07, 6.45) is -3.13. The molecule has 0 unspecified atom stereocenters. The highest BCUT2D eigenvalue weighted by Gasteiger charge is 2.28. The highest BCUT2D eigenvalue weighted by molar-refractivity contribution is 7.21. The van der Waals surface area contributed by atoms with Gasteiger partial charge in [-0.2, -0.15) is 5.10 Å². The molecule has 0 fully saturated rings. The highest BCUT2D eigenvalue weighted by Crippen LogP contribution is 2.31. The van der Waals surface area contributed by atoms with E-state index in [1.165, 1.54) is 17.6 Å². The zero-order chi connectivity index (χ0) is 25.7. The van der Waals surface area contributed by atoms with Crippen molar-refractivity contribution in [3.63, 3.8) is 0 Å². The Morgan fingerprint density at radius 3 is 2.58 bits per heavy atom. The summed E-state index contributed by atoms with van der Waals surface area (Å²) in [5.41, 5.74) is 6.95. The van der Waals surface area contributed by atoms with Gasteiger partial charge >= 0.3 is 12.4 Å². The molecule has 0 aliphatic heterocycles. The average molecular weight is 513 g/mol. The van der Waals surface area contributed by atoms with Gasteiger partial charge in [-0.15, -0.1) is 24.5 Å². The van der Waals surface area contributed by atoms with Crippen LogP contribution in [0.25, 0.3) is 20.8 Å². The molecular weight excluding hydrogens is 489 g/mol. The first-order valence-electron chi connectivity index (χ1n) is 11.1. The van der Waals surface area contributed by atoms with Crippen molar-refractivity contribution in [1.82, 2.24) is 10.4 Å². The Bertz CT molecular complexity index is 1380. The van der Waals surface area contributed by atoms with E-state index in [-0.39, 0.29) is 5.92 Å². The van der Waals surface area contributed by atoms with Gasteiger partial charge in [0.1, 0.15) is 5.01 Å². The first-order chi connectivity index (χ1) is 17.2. The van der Waals surface area contributed by atoms with Crippen LogP contribution in [0, 0.1) is 0 Å². The molecule has 36 heavy (non-hydrogen) atoms. The molecule has 0 saturated heterocycles. The molecule has 4 rings (SSSR count). The fourth-order valence-electron chi connectivity index (χ4n) is 3.49. The molecule has 0 aliphatic rings. The van der Waals surface area contributed by atoms with Crippen LogP contribution in [0.2, 0.25) is 0 Å². The van der Waals surface area contributed by atoms with Gasteiger partial charge in [0.25, 0.3) is 0 Å². The predicted octanol–water partition coefficient (Wildman–Crippen LogP) is 7.28. The number of amides is 2. The van der Waals surface area contributed by atoms with Gasteiger partial charge in [-0.05, 0) is 40.8 Å². The van der Waals surface area contributed by atoms with Crippen LogP contribution in [0.5, 0.6) is 0 Å². The van der Waals surface area contributed by atoms with Gasteiger partial charge in [-0.25, -0.2) is 15.2 Å². The lowest BCUT2D eigenvalue weighted by molar-refractivity contribution is -0.330. The number of fused-ring (bicyclic) bond motifs is 1. The van der Waals surface area contributed by atoms with E-state index in [9.17, 15) is 18.0 Å². The van der Waals surface area contributed by atoms with Crippen molar-refractivity contribution in [2.24, 2.45) is 5.10 Å². The second-order valence-corrected chi connectivity index (χ2v) is 9.27.